The highest BCUT2D eigenvalue weighted by Gasteiger charge is 2.03. The molecular weight excluding hydrogens is 234 g/mol. The number of imidazole rings is 1. The summed E-state index contributed by atoms with van der Waals surface area (Å²) in [4.78, 5) is 11.8. The van der Waals surface area contributed by atoms with E-state index in [1.807, 2.05) is 0 Å². The molecule has 2 N–H and O–H groups in total. The van der Waals surface area contributed by atoms with Crippen molar-refractivity contribution in [1.82, 2.24) is 19.5 Å². The van der Waals surface area contributed by atoms with Crippen molar-refractivity contribution in [2.24, 2.45) is 0 Å². The van der Waals surface area contributed by atoms with Crippen LogP contribution in [0.4, 0.5) is 5.95 Å². The molecule has 0 spiro atoms. The first-order valence-corrected chi connectivity index (χ1v) is 4.32. The first-order valence-electron chi connectivity index (χ1n) is 3.53. The summed E-state index contributed by atoms with van der Waals surface area (Å²) in [5.41, 5.74) is 6.43. The summed E-state index contributed by atoms with van der Waals surface area (Å²) in [6, 6.07) is 0. The number of anilines is 1. The van der Waals surface area contributed by atoms with Crippen molar-refractivity contribution in [3.63, 3.8) is 0 Å². The number of aromatic nitrogens is 4. The van der Waals surface area contributed by atoms with Gasteiger partial charge in [-0.05, 0) is 15.9 Å². The van der Waals surface area contributed by atoms with Crippen molar-refractivity contribution in [2.75, 3.05) is 5.73 Å². The third-order valence-corrected chi connectivity index (χ3v) is 1.91. The van der Waals surface area contributed by atoms with E-state index in [1.54, 1.807) is 23.2 Å². The average Bonchev–Trinajstić information content (AvgIpc) is 2.47. The summed E-state index contributed by atoms with van der Waals surface area (Å²) in [5.74, 6) is 0.404. The summed E-state index contributed by atoms with van der Waals surface area (Å²) in [6.45, 7) is 0. The number of nitrogen functional groups attached to an aromatic ring is 1. The minimum Gasteiger partial charge on any atom is -0.369 e. The van der Waals surface area contributed by atoms with Gasteiger partial charge in [-0.1, -0.05) is 0 Å². The molecule has 0 aliphatic rings. The van der Waals surface area contributed by atoms with E-state index in [1.165, 1.54) is 6.33 Å². The van der Waals surface area contributed by atoms with Crippen LogP contribution in [0.2, 0.25) is 0 Å². The van der Waals surface area contributed by atoms with E-state index in [2.05, 4.69) is 30.9 Å². The molecular formula is C7H6BrN5. The molecule has 0 radical (unpaired) electrons. The first-order chi connectivity index (χ1) is 6.27. The van der Waals surface area contributed by atoms with Crippen molar-refractivity contribution in [3.05, 3.63) is 29.5 Å². The van der Waals surface area contributed by atoms with Gasteiger partial charge < -0.3 is 5.73 Å². The van der Waals surface area contributed by atoms with Gasteiger partial charge in [0.2, 0.25) is 5.95 Å². The van der Waals surface area contributed by atoms with Gasteiger partial charge >= 0.3 is 0 Å². The molecule has 2 aromatic rings. The largest absolute Gasteiger partial charge is 0.369 e. The van der Waals surface area contributed by atoms with Crippen LogP contribution >= 0.6 is 15.9 Å². The number of nitrogens with two attached hydrogens (primary N) is 1. The Balaban J connectivity index is 2.53. The third kappa shape index (κ3) is 1.52. The van der Waals surface area contributed by atoms with Gasteiger partial charge in [0.1, 0.15) is 10.9 Å². The predicted octanol–water partition coefficient (Wildman–Crippen LogP) is 1.01. The van der Waals surface area contributed by atoms with Gasteiger partial charge in [0, 0.05) is 6.20 Å². The van der Waals surface area contributed by atoms with Crippen LogP contribution in [0.25, 0.3) is 5.69 Å². The molecule has 0 aliphatic carbocycles. The second-order valence-electron chi connectivity index (χ2n) is 2.39. The summed E-state index contributed by atoms with van der Waals surface area (Å²) < 4.78 is 2.39. The lowest BCUT2D eigenvalue weighted by Crippen LogP contribution is -2.00. The monoisotopic (exact) mass is 239 g/mol. The Kier molecular flexibility index (Phi) is 1.97. The van der Waals surface area contributed by atoms with E-state index in [0.717, 1.165) is 5.69 Å². The molecule has 6 heteroatoms. The number of nitrogens with zero attached hydrogens (tertiary/aromatic N) is 4. The second kappa shape index (κ2) is 3.14. The molecule has 2 heterocycles. The van der Waals surface area contributed by atoms with Crippen molar-refractivity contribution in [1.29, 1.82) is 0 Å². The average molecular weight is 240 g/mol. The molecule has 0 bridgehead atoms. The van der Waals surface area contributed by atoms with Gasteiger partial charge in [0.05, 0.1) is 18.1 Å². The van der Waals surface area contributed by atoms with Crippen molar-refractivity contribution >= 4 is 21.9 Å². The zero-order valence-corrected chi connectivity index (χ0v) is 8.14. The smallest absolute Gasteiger partial charge is 0.206 e. The van der Waals surface area contributed by atoms with Crippen LogP contribution in [0.1, 0.15) is 0 Å². The Morgan fingerprint density at radius 3 is 2.54 bits per heavy atom. The SMILES string of the molecule is Nc1nc(Br)cn1-c1cncnc1. The van der Waals surface area contributed by atoms with Gasteiger partial charge in [0.25, 0.3) is 0 Å². The maximum absolute atomic E-state index is 5.64. The lowest BCUT2D eigenvalue weighted by molar-refractivity contribution is 1.02. The molecule has 0 saturated carbocycles. The lowest BCUT2D eigenvalue weighted by atomic mass is 10.5. The maximum Gasteiger partial charge on any atom is 0.206 e. The quantitative estimate of drug-likeness (QED) is 0.807. The van der Waals surface area contributed by atoms with E-state index in [9.17, 15) is 0 Å². The fourth-order valence-corrected chi connectivity index (χ4v) is 1.37. The topological polar surface area (TPSA) is 69.6 Å². The molecule has 2 aromatic heterocycles. The summed E-state index contributed by atoms with van der Waals surface area (Å²) in [6.07, 6.45) is 6.55. The van der Waals surface area contributed by atoms with Crippen LogP contribution in [-0.4, -0.2) is 19.5 Å². The molecule has 0 aliphatic heterocycles. The highest BCUT2D eigenvalue weighted by Crippen LogP contribution is 2.15. The first kappa shape index (κ1) is 8.18. The van der Waals surface area contributed by atoms with Crippen molar-refractivity contribution in [2.45, 2.75) is 0 Å². The van der Waals surface area contributed by atoms with E-state index >= 15 is 0 Å². The zero-order valence-electron chi connectivity index (χ0n) is 6.55. The number of rotatable bonds is 1. The van der Waals surface area contributed by atoms with Crippen molar-refractivity contribution < 1.29 is 0 Å². The predicted molar refractivity (Wildman–Crippen MR) is 51.3 cm³/mol. The van der Waals surface area contributed by atoms with Gasteiger partial charge in [-0.25, -0.2) is 15.0 Å². The number of halogens is 1. The molecule has 0 amide bonds. The van der Waals surface area contributed by atoms with Crippen LogP contribution in [0.15, 0.2) is 29.5 Å². The maximum atomic E-state index is 5.64. The molecule has 0 aromatic carbocycles. The fourth-order valence-electron chi connectivity index (χ4n) is 0.987. The van der Waals surface area contributed by atoms with Crippen LogP contribution in [0, 0.1) is 0 Å². The molecule has 0 unspecified atom stereocenters. The van der Waals surface area contributed by atoms with Gasteiger partial charge in [-0.15, -0.1) is 0 Å². The van der Waals surface area contributed by atoms with Gasteiger partial charge in [-0.2, -0.15) is 0 Å². The summed E-state index contributed by atoms with van der Waals surface area (Å²) in [7, 11) is 0. The highest BCUT2D eigenvalue weighted by molar-refractivity contribution is 9.10. The Morgan fingerprint density at radius 1 is 1.31 bits per heavy atom. The van der Waals surface area contributed by atoms with Crippen LogP contribution in [-0.2, 0) is 0 Å². The molecule has 66 valence electrons. The fraction of sp³-hybridized carbons (Fsp3) is 0. The zero-order chi connectivity index (χ0) is 9.26. The highest BCUT2D eigenvalue weighted by atomic mass is 79.9. The third-order valence-electron chi connectivity index (χ3n) is 1.53. The summed E-state index contributed by atoms with van der Waals surface area (Å²) in [5, 5.41) is 0. The molecule has 5 nitrogen and oxygen atoms in total. The molecule has 13 heavy (non-hydrogen) atoms. The molecule has 0 fully saturated rings. The Morgan fingerprint density at radius 2 is 2.00 bits per heavy atom. The normalized spacial score (nSPS) is 10.2. The lowest BCUT2D eigenvalue weighted by Gasteiger charge is -2.00. The molecule has 2 rings (SSSR count). The Hall–Kier alpha value is -1.43. The summed E-state index contributed by atoms with van der Waals surface area (Å²) >= 11 is 3.23. The van der Waals surface area contributed by atoms with E-state index in [-0.39, 0.29) is 0 Å². The van der Waals surface area contributed by atoms with E-state index in [4.69, 9.17) is 5.73 Å². The number of hydrogen-bond acceptors (Lipinski definition) is 4. The van der Waals surface area contributed by atoms with Crippen LogP contribution in [0.3, 0.4) is 0 Å². The Labute approximate surface area is 82.8 Å². The van der Waals surface area contributed by atoms with Gasteiger partial charge in [0.15, 0.2) is 0 Å². The Bertz CT molecular complexity index is 410. The van der Waals surface area contributed by atoms with Crippen LogP contribution in [0.5, 0.6) is 0 Å². The van der Waals surface area contributed by atoms with E-state index < -0.39 is 0 Å². The minimum absolute atomic E-state index is 0.404. The minimum atomic E-state index is 0.404. The standard InChI is InChI=1S/C7H6BrN5/c8-6-3-13(7(9)12-6)5-1-10-4-11-2-5/h1-4H,(H2,9,12). The van der Waals surface area contributed by atoms with Crippen LogP contribution < -0.4 is 5.73 Å². The number of hydrogen-bond donors (Lipinski definition) is 1. The molecule has 0 atom stereocenters. The van der Waals surface area contributed by atoms with Crippen molar-refractivity contribution in [3.8, 4) is 5.69 Å². The van der Waals surface area contributed by atoms with Gasteiger partial charge in [-0.3, -0.25) is 4.57 Å². The van der Waals surface area contributed by atoms with E-state index in [0.29, 0.717) is 10.6 Å². The second-order valence-corrected chi connectivity index (χ2v) is 3.20. The molecule has 0 saturated heterocycles.